The molecule has 0 aromatic carbocycles. The van der Waals surface area contributed by atoms with Gasteiger partial charge in [-0.2, -0.15) is 0 Å². The summed E-state index contributed by atoms with van der Waals surface area (Å²) in [5, 5.41) is 1.00. The van der Waals surface area contributed by atoms with Gasteiger partial charge >= 0.3 is 0 Å². The summed E-state index contributed by atoms with van der Waals surface area (Å²) in [4.78, 5) is 8.35. The Morgan fingerprint density at radius 3 is 3.08 bits per heavy atom. The lowest BCUT2D eigenvalue weighted by Gasteiger charge is -1.94. The molecule has 2 nitrogen and oxygen atoms in total. The van der Waals surface area contributed by atoms with Crippen LogP contribution < -0.4 is 0 Å². The first kappa shape index (κ1) is 10.3. The fourth-order valence-electron chi connectivity index (χ4n) is 0.869. The van der Waals surface area contributed by atoms with E-state index in [1.807, 2.05) is 11.6 Å². The average Bonchev–Trinajstić information content (AvgIpc) is 2.61. The van der Waals surface area contributed by atoms with E-state index in [1.54, 1.807) is 18.8 Å². The van der Waals surface area contributed by atoms with E-state index in [0.29, 0.717) is 0 Å². The van der Waals surface area contributed by atoms with Gasteiger partial charge in [-0.05, 0) is 19.4 Å². The minimum absolute atomic E-state index is 0.973. The second-order valence-corrected chi connectivity index (χ2v) is 3.63. The number of nitrogens with zero attached hydrogens (tertiary/aromatic N) is 2. The monoisotopic (exact) mass is 194 g/mol. The largest absolute Gasteiger partial charge is 0.279 e. The smallest absolute Gasteiger partial charge is 0.122 e. The summed E-state index contributed by atoms with van der Waals surface area (Å²) >= 11 is 1.57. The van der Waals surface area contributed by atoms with Crippen molar-refractivity contribution in [2.24, 2.45) is 9.98 Å². The van der Waals surface area contributed by atoms with Gasteiger partial charge in [0, 0.05) is 7.05 Å². The third kappa shape index (κ3) is 2.84. The minimum Gasteiger partial charge on any atom is -0.279 e. The molecule has 0 N–H and O–H groups in total. The predicted octanol–water partition coefficient (Wildman–Crippen LogP) is 3.03. The zero-order chi connectivity index (χ0) is 9.68. The lowest BCUT2D eigenvalue weighted by atomic mass is 10.2. The normalized spacial score (nSPS) is 23.5. The SMILES string of the molecule is CC/C(C)=C/C=C1/N=CSC1=NC. The molecule has 0 fully saturated rings. The fourth-order valence-corrected chi connectivity index (χ4v) is 1.48. The van der Waals surface area contributed by atoms with E-state index in [9.17, 15) is 0 Å². The van der Waals surface area contributed by atoms with Crippen LogP contribution in [0, 0.1) is 0 Å². The molecule has 3 heteroatoms. The Morgan fingerprint density at radius 2 is 2.46 bits per heavy atom. The van der Waals surface area contributed by atoms with Gasteiger partial charge in [-0.15, -0.1) is 0 Å². The molecule has 0 amide bonds. The molecule has 0 aromatic rings. The quantitative estimate of drug-likeness (QED) is 0.663. The van der Waals surface area contributed by atoms with E-state index in [2.05, 4.69) is 29.9 Å². The maximum atomic E-state index is 4.22. The van der Waals surface area contributed by atoms with Crippen LogP contribution in [0.1, 0.15) is 20.3 Å². The molecule has 1 aliphatic heterocycles. The van der Waals surface area contributed by atoms with Gasteiger partial charge in [0.2, 0.25) is 0 Å². The average molecular weight is 194 g/mol. The summed E-state index contributed by atoms with van der Waals surface area (Å²) in [6, 6.07) is 0. The van der Waals surface area contributed by atoms with E-state index in [-0.39, 0.29) is 0 Å². The van der Waals surface area contributed by atoms with Gasteiger partial charge < -0.3 is 0 Å². The van der Waals surface area contributed by atoms with E-state index < -0.39 is 0 Å². The van der Waals surface area contributed by atoms with Gasteiger partial charge in [-0.1, -0.05) is 30.3 Å². The van der Waals surface area contributed by atoms with Crippen molar-refractivity contribution in [2.45, 2.75) is 20.3 Å². The van der Waals surface area contributed by atoms with Gasteiger partial charge in [0.1, 0.15) is 5.04 Å². The number of hydrogen-bond acceptors (Lipinski definition) is 3. The van der Waals surface area contributed by atoms with Crippen LogP contribution in [0.5, 0.6) is 0 Å². The van der Waals surface area contributed by atoms with Crippen LogP contribution in [0.2, 0.25) is 0 Å². The van der Waals surface area contributed by atoms with Gasteiger partial charge in [-0.25, -0.2) is 4.99 Å². The minimum atomic E-state index is 0.973. The molecule has 0 radical (unpaired) electrons. The highest BCUT2D eigenvalue weighted by Crippen LogP contribution is 2.19. The van der Waals surface area contributed by atoms with Crippen LogP contribution in [-0.4, -0.2) is 17.6 Å². The van der Waals surface area contributed by atoms with Crippen molar-refractivity contribution in [2.75, 3.05) is 7.05 Å². The molecule has 0 saturated carbocycles. The summed E-state index contributed by atoms with van der Waals surface area (Å²) in [6.07, 6.45) is 5.21. The number of aliphatic imine (C=N–C) groups is 2. The zero-order valence-corrected chi connectivity index (χ0v) is 9.06. The first-order chi connectivity index (χ1) is 6.27. The molecule has 0 bridgehead atoms. The summed E-state index contributed by atoms with van der Waals surface area (Å²) in [5.74, 6) is 0. The lowest BCUT2D eigenvalue weighted by molar-refractivity contribution is 1.10. The Balaban J connectivity index is 2.77. The number of allylic oxidation sites excluding steroid dienone is 3. The molecule has 13 heavy (non-hydrogen) atoms. The first-order valence-corrected chi connectivity index (χ1v) is 5.19. The number of rotatable bonds is 2. The summed E-state index contributed by atoms with van der Waals surface area (Å²) < 4.78 is 0. The molecule has 0 atom stereocenters. The zero-order valence-electron chi connectivity index (χ0n) is 8.24. The van der Waals surface area contributed by atoms with Crippen LogP contribution in [0.4, 0.5) is 0 Å². The highest BCUT2D eigenvalue weighted by atomic mass is 32.2. The predicted molar refractivity (Wildman–Crippen MR) is 61.6 cm³/mol. The molecule has 0 aliphatic carbocycles. The van der Waals surface area contributed by atoms with E-state index in [1.165, 1.54) is 5.57 Å². The van der Waals surface area contributed by atoms with Crippen LogP contribution in [-0.2, 0) is 0 Å². The third-order valence-corrected chi connectivity index (χ3v) is 2.69. The Kier molecular flexibility index (Phi) is 3.96. The van der Waals surface area contributed by atoms with Crippen molar-refractivity contribution in [3.05, 3.63) is 23.4 Å². The highest BCUT2D eigenvalue weighted by molar-refractivity contribution is 8.25. The molecule has 0 spiro atoms. The van der Waals surface area contributed by atoms with Gasteiger partial charge in [0.05, 0.1) is 11.2 Å². The molecular formula is C10H14N2S. The fraction of sp³-hybridized carbons (Fsp3) is 0.400. The van der Waals surface area contributed by atoms with Gasteiger partial charge in [-0.3, -0.25) is 4.99 Å². The first-order valence-electron chi connectivity index (χ1n) is 4.31. The molecule has 70 valence electrons. The lowest BCUT2D eigenvalue weighted by Crippen LogP contribution is -1.88. The van der Waals surface area contributed by atoms with Gasteiger partial charge in [0.15, 0.2) is 0 Å². The van der Waals surface area contributed by atoms with Crippen molar-refractivity contribution in [3.63, 3.8) is 0 Å². The van der Waals surface area contributed by atoms with Crippen LogP contribution in [0.25, 0.3) is 0 Å². The summed E-state index contributed by atoms with van der Waals surface area (Å²) in [7, 11) is 1.79. The van der Waals surface area contributed by atoms with Crippen LogP contribution in [0.3, 0.4) is 0 Å². The molecule has 1 heterocycles. The Labute approximate surface area is 83.6 Å². The maximum absolute atomic E-state index is 4.22. The van der Waals surface area contributed by atoms with Crippen molar-refractivity contribution in [3.8, 4) is 0 Å². The molecule has 0 unspecified atom stereocenters. The van der Waals surface area contributed by atoms with E-state index in [0.717, 1.165) is 17.2 Å². The van der Waals surface area contributed by atoms with Crippen molar-refractivity contribution < 1.29 is 0 Å². The summed E-state index contributed by atoms with van der Waals surface area (Å²) in [6.45, 7) is 4.26. The maximum Gasteiger partial charge on any atom is 0.122 e. The van der Waals surface area contributed by atoms with Crippen molar-refractivity contribution in [1.82, 2.24) is 0 Å². The standard InChI is InChI=1S/C10H14N2S/c1-4-8(2)5-6-9-10(11-3)13-7-12-9/h5-7H,4H2,1-3H3/b8-5+,9-6+,11-10?. The highest BCUT2D eigenvalue weighted by Gasteiger charge is 2.09. The van der Waals surface area contributed by atoms with E-state index >= 15 is 0 Å². The molecule has 1 rings (SSSR count). The molecular weight excluding hydrogens is 180 g/mol. The van der Waals surface area contributed by atoms with Crippen molar-refractivity contribution in [1.29, 1.82) is 0 Å². The van der Waals surface area contributed by atoms with Crippen molar-refractivity contribution >= 4 is 22.4 Å². The second kappa shape index (κ2) is 5.02. The molecule has 1 aliphatic rings. The van der Waals surface area contributed by atoms with Crippen LogP contribution in [0.15, 0.2) is 33.4 Å². The van der Waals surface area contributed by atoms with E-state index in [4.69, 9.17) is 0 Å². The molecule has 0 saturated heterocycles. The topological polar surface area (TPSA) is 24.7 Å². The summed E-state index contributed by atoms with van der Waals surface area (Å²) in [5.41, 5.74) is 4.15. The Hall–Kier alpha value is -0.830. The Morgan fingerprint density at radius 1 is 1.69 bits per heavy atom. The van der Waals surface area contributed by atoms with Gasteiger partial charge in [0.25, 0.3) is 0 Å². The third-order valence-electron chi connectivity index (χ3n) is 1.86. The Bertz CT molecular complexity index is 298. The number of hydrogen-bond donors (Lipinski definition) is 0. The van der Waals surface area contributed by atoms with Crippen LogP contribution >= 0.6 is 11.8 Å². The number of thioether (sulfide) groups is 1. The second-order valence-electron chi connectivity index (χ2n) is 2.80. The molecule has 0 aromatic heterocycles.